The van der Waals surface area contributed by atoms with Crippen molar-refractivity contribution < 1.29 is 4.65 Å². The van der Waals surface area contributed by atoms with Gasteiger partial charge in [-0.25, -0.2) is 0 Å². The van der Waals surface area contributed by atoms with Crippen LogP contribution in [0.2, 0.25) is 5.21 Å². The van der Waals surface area contributed by atoms with Gasteiger partial charge in [0.2, 0.25) is 0 Å². The standard InChI is InChI=1S/C16H36B2O/c1-9-14(4,5)12-16(8,10-2)11-13(3)19-18-15(6,7)17/h13,18H,9-12,17H2,1-8H3. The summed E-state index contributed by atoms with van der Waals surface area (Å²) < 4.78 is 6.05. The molecule has 0 aromatic heterocycles. The Hall–Kier alpha value is 0.0899. The fourth-order valence-corrected chi connectivity index (χ4v) is 2.77. The van der Waals surface area contributed by atoms with E-state index in [2.05, 4.69) is 63.2 Å². The van der Waals surface area contributed by atoms with Gasteiger partial charge in [0, 0.05) is 6.10 Å². The minimum absolute atomic E-state index is 0.263. The second-order valence-corrected chi connectivity index (χ2v) is 8.75. The molecule has 0 radical (unpaired) electrons. The molecular formula is C16H36B2O. The van der Waals surface area contributed by atoms with Gasteiger partial charge in [0.1, 0.15) is 7.85 Å². The van der Waals surface area contributed by atoms with Gasteiger partial charge in [0.05, 0.1) is 0 Å². The van der Waals surface area contributed by atoms with Crippen LogP contribution in [0.3, 0.4) is 0 Å². The highest BCUT2D eigenvalue weighted by molar-refractivity contribution is 6.48. The molecule has 0 rings (SSSR count). The summed E-state index contributed by atoms with van der Waals surface area (Å²) in [6, 6.07) is 0. The molecule has 0 N–H and O–H groups in total. The zero-order chi connectivity index (χ0) is 15.3. The Labute approximate surface area is 124 Å². The van der Waals surface area contributed by atoms with Crippen LogP contribution in [0.1, 0.15) is 81.1 Å². The van der Waals surface area contributed by atoms with E-state index in [4.69, 9.17) is 4.65 Å². The molecule has 0 amide bonds. The molecule has 0 spiro atoms. The topological polar surface area (TPSA) is 9.23 Å². The van der Waals surface area contributed by atoms with Gasteiger partial charge < -0.3 is 4.65 Å². The van der Waals surface area contributed by atoms with Crippen LogP contribution in [-0.4, -0.2) is 21.4 Å². The molecule has 0 aliphatic heterocycles. The second kappa shape index (κ2) is 7.20. The normalized spacial score (nSPS) is 17.9. The lowest BCUT2D eigenvalue weighted by Gasteiger charge is -2.38. The first-order chi connectivity index (χ1) is 8.43. The van der Waals surface area contributed by atoms with Crippen molar-refractivity contribution in [1.29, 1.82) is 0 Å². The van der Waals surface area contributed by atoms with Crippen molar-refractivity contribution in [2.45, 2.75) is 92.4 Å². The molecule has 0 aromatic carbocycles. The lowest BCUT2D eigenvalue weighted by atomic mass is 9.53. The molecular weight excluding hydrogens is 230 g/mol. The molecule has 19 heavy (non-hydrogen) atoms. The first kappa shape index (κ1) is 19.1. The fraction of sp³-hybridized carbons (Fsp3) is 1.00. The molecule has 0 heterocycles. The molecule has 2 unspecified atom stereocenters. The summed E-state index contributed by atoms with van der Waals surface area (Å²) in [5, 5.41) is 0.263. The largest absolute Gasteiger partial charge is 0.437 e. The maximum absolute atomic E-state index is 6.05. The fourth-order valence-electron chi connectivity index (χ4n) is 2.77. The quantitative estimate of drug-likeness (QED) is 0.569. The summed E-state index contributed by atoms with van der Waals surface area (Å²) in [4.78, 5) is 0. The third-order valence-corrected chi connectivity index (χ3v) is 4.30. The maximum Gasteiger partial charge on any atom is 0.273 e. The summed E-state index contributed by atoms with van der Waals surface area (Å²) in [6.07, 6.45) is 5.30. The van der Waals surface area contributed by atoms with E-state index in [1.807, 2.05) is 0 Å². The van der Waals surface area contributed by atoms with Crippen molar-refractivity contribution in [1.82, 2.24) is 0 Å². The van der Waals surface area contributed by atoms with Gasteiger partial charge in [-0.2, -0.15) is 0 Å². The van der Waals surface area contributed by atoms with Crippen LogP contribution in [0.25, 0.3) is 0 Å². The predicted molar refractivity (Wildman–Crippen MR) is 92.0 cm³/mol. The van der Waals surface area contributed by atoms with Crippen LogP contribution in [0.4, 0.5) is 0 Å². The highest BCUT2D eigenvalue weighted by atomic mass is 16.4. The van der Waals surface area contributed by atoms with Crippen LogP contribution in [0.15, 0.2) is 0 Å². The van der Waals surface area contributed by atoms with Gasteiger partial charge in [0.25, 0.3) is 7.48 Å². The van der Waals surface area contributed by atoms with Crippen molar-refractivity contribution in [3.63, 3.8) is 0 Å². The van der Waals surface area contributed by atoms with Gasteiger partial charge >= 0.3 is 0 Å². The first-order valence-electron chi connectivity index (χ1n) is 8.05. The summed E-state index contributed by atoms with van der Waals surface area (Å²) in [5.74, 6) is 0. The molecule has 0 saturated carbocycles. The average Bonchev–Trinajstić information content (AvgIpc) is 2.25. The molecule has 2 atom stereocenters. The van der Waals surface area contributed by atoms with E-state index in [1.54, 1.807) is 0 Å². The summed E-state index contributed by atoms with van der Waals surface area (Å²) in [6.45, 7) is 18.5. The Bertz CT molecular complexity index is 258. The first-order valence-corrected chi connectivity index (χ1v) is 8.05. The molecule has 0 bridgehead atoms. The van der Waals surface area contributed by atoms with Crippen molar-refractivity contribution in [3.05, 3.63) is 0 Å². The van der Waals surface area contributed by atoms with Crippen LogP contribution in [0.5, 0.6) is 0 Å². The number of hydrogen-bond acceptors (Lipinski definition) is 1. The molecule has 0 fully saturated rings. The molecule has 0 aliphatic rings. The highest BCUT2D eigenvalue weighted by Gasteiger charge is 2.32. The summed E-state index contributed by atoms with van der Waals surface area (Å²) in [5.41, 5.74) is 0.839. The van der Waals surface area contributed by atoms with Crippen LogP contribution >= 0.6 is 0 Å². The SMILES string of the molecule is BC(C)(C)BOC(C)CC(C)(CC)CC(C)(C)CC. The Kier molecular flexibility index (Phi) is 7.23. The molecule has 112 valence electrons. The van der Waals surface area contributed by atoms with E-state index in [9.17, 15) is 0 Å². The van der Waals surface area contributed by atoms with E-state index in [1.165, 1.54) is 25.7 Å². The monoisotopic (exact) mass is 266 g/mol. The van der Waals surface area contributed by atoms with E-state index < -0.39 is 0 Å². The number of hydrogen-bond donors (Lipinski definition) is 0. The summed E-state index contributed by atoms with van der Waals surface area (Å²) >= 11 is 0. The molecule has 3 heteroatoms. The smallest absolute Gasteiger partial charge is 0.273 e. The Morgan fingerprint density at radius 2 is 1.58 bits per heavy atom. The molecule has 0 aromatic rings. The number of rotatable bonds is 9. The van der Waals surface area contributed by atoms with Gasteiger partial charge in [-0.3, -0.25) is 0 Å². The van der Waals surface area contributed by atoms with Crippen LogP contribution in [-0.2, 0) is 4.65 Å². The summed E-state index contributed by atoms with van der Waals surface area (Å²) in [7, 11) is 3.09. The molecule has 0 aliphatic carbocycles. The highest BCUT2D eigenvalue weighted by Crippen LogP contribution is 2.42. The minimum Gasteiger partial charge on any atom is -0.437 e. The van der Waals surface area contributed by atoms with Gasteiger partial charge in [-0.15, -0.1) is 0 Å². The zero-order valence-corrected chi connectivity index (χ0v) is 15.0. The maximum atomic E-state index is 6.05. The Morgan fingerprint density at radius 3 is 1.95 bits per heavy atom. The predicted octanol–water partition coefficient (Wildman–Crippen LogP) is 4.16. The van der Waals surface area contributed by atoms with E-state index in [0.717, 1.165) is 7.48 Å². The lowest BCUT2D eigenvalue weighted by molar-refractivity contribution is 0.0926. The third-order valence-electron chi connectivity index (χ3n) is 4.30. The van der Waals surface area contributed by atoms with Crippen LogP contribution in [0, 0.1) is 10.8 Å². The minimum atomic E-state index is 0.263. The molecule has 1 nitrogen and oxygen atoms in total. The lowest BCUT2D eigenvalue weighted by Crippen LogP contribution is -2.31. The van der Waals surface area contributed by atoms with E-state index in [-0.39, 0.29) is 5.21 Å². The van der Waals surface area contributed by atoms with Crippen LogP contribution < -0.4 is 0 Å². The zero-order valence-electron chi connectivity index (χ0n) is 15.0. The average molecular weight is 266 g/mol. The van der Waals surface area contributed by atoms with E-state index >= 15 is 0 Å². The van der Waals surface area contributed by atoms with Crippen molar-refractivity contribution in [2.75, 3.05) is 0 Å². The van der Waals surface area contributed by atoms with Gasteiger partial charge in [0.15, 0.2) is 0 Å². The van der Waals surface area contributed by atoms with Crippen molar-refractivity contribution in [2.24, 2.45) is 10.8 Å². The molecule has 0 saturated heterocycles. The Morgan fingerprint density at radius 1 is 1.05 bits per heavy atom. The van der Waals surface area contributed by atoms with Gasteiger partial charge in [-0.05, 0) is 30.6 Å². The Balaban J connectivity index is 4.45. The third kappa shape index (κ3) is 8.78. The second-order valence-electron chi connectivity index (χ2n) is 8.75. The van der Waals surface area contributed by atoms with Crippen molar-refractivity contribution >= 4 is 15.3 Å². The van der Waals surface area contributed by atoms with Gasteiger partial charge in [-0.1, -0.05) is 66.5 Å². The van der Waals surface area contributed by atoms with Crippen molar-refractivity contribution in [3.8, 4) is 0 Å². The van der Waals surface area contributed by atoms with E-state index in [0.29, 0.717) is 16.9 Å².